The van der Waals surface area contributed by atoms with E-state index in [2.05, 4.69) is 37.9 Å². The Balaban J connectivity index is 1.79. The molecule has 0 saturated carbocycles. The standard InChI is InChI=1S/C16H19N5OS/c1-22-5-6-23-21-8-11-3-2-4-12(7-11)13-9-18-16-14(13)15(17)19-10-20-16/h2-4,7,9-10,21H,5-6,8H2,1H3,(H3,17,18,19,20). The highest BCUT2D eigenvalue weighted by Gasteiger charge is 2.11. The number of anilines is 1. The summed E-state index contributed by atoms with van der Waals surface area (Å²) in [7, 11) is 1.71. The van der Waals surface area contributed by atoms with Crippen molar-refractivity contribution < 1.29 is 4.74 Å². The van der Waals surface area contributed by atoms with Crippen LogP contribution in [0.4, 0.5) is 5.82 Å². The number of fused-ring (bicyclic) bond motifs is 1. The number of aromatic amines is 1. The van der Waals surface area contributed by atoms with Gasteiger partial charge in [-0.05, 0) is 17.2 Å². The van der Waals surface area contributed by atoms with E-state index in [9.17, 15) is 0 Å². The maximum absolute atomic E-state index is 6.00. The van der Waals surface area contributed by atoms with E-state index in [-0.39, 0.29) is 0 Å². The number of nitrogens with two attached hydrogens (primary N) is 1. The molecule has 0 bridgehead atoms. The summed E-state index contributed by atoms with van der Waals surface area (Å²) in [6.07, 6.45) is 3.39. The molecule has 2 aromatic heterocycles. The van der Waals surface area contributed by atoms with Crippen LogP contribution in [0.1, 0.15) is 5.56 Å². The number of nitrogens with one attached hydrogen (secondary N) is 2. The van der Waals surface area contributed by atoms with Crippen molar-refractivity contribution in [1.29, 1.82) is 0 Å². The Morgan fingerprint density at radius 2 is 2.26 bits per heavy atom. The topological polar surface area (TPSA) is 88.8 Å². The molecule has 3 rings (SSSR count). The van der Waals surface area contributed by atoms with Gasteiger partial charge in [0.25, 0.3) is 0 Å². The largest absolute Gasteiger partial charge is 0.384 e. The summed E-state index contributed by atoms with van der Waals surface area (Å²) in [4.78, 5) is 11.4. The molecule has 0 spiro atoms. The maximum atomic E-state index is 6.00. The van der Waals surface area contributed by atoms with Crippen LogP contribution in [-0.2, 0) is 11.3 Å². The molecule has 4 N–H and O–H groups in total. The van der Waals surface area contributed by atoms with Crippen molar-refractivity contribution in [3.63, 3.8) is 0 Å². The first kappa shape index (κ1) is 15.8. The number of nitrogen functional groups attached to an aromatic ring is 1. The Morgan fingerprint density at radius 1 is 1.35 bits per heavy atom. The zero-order valence-corrected chi connectivity index (χ0v) is 13.7. The molecule has 0 radical (unpaired) electrons. The Morgan fingerprint density at radius 3 is 3.13 bits per heavy atom. The number of hydrogen-bond acceptors (Lipinski definition) is 6. The third-order valence-corrected chi connectivity index (χ3v) is 4.22. The van der Waals surface area contributed by atoms with Gasteiger partial charge in [0, 0.05) is 31.2 Å². The summed E-state index contributed by atoms with van der Waals surface area (Å²) in [6, 6.07) is 8.36. The van der Waals surface area contributed by atoms with Crippen molar-refractivity contribution in [2.45, 2.75) is 6.54 Å². The van der Waals surface area contributed by atoms with Crippen molar-refractivity contribution in [2.75, 3.05) is 25.2 Å². The lowest BCUT2D eigenvalue weighted by Crippen LogP contribution is -2.06. The normalized spacial score (nSPS) is 11.2. The van der Waals surface area contributed by atoms with E-state index in [0.717, 1.165) is 41.1 Å². The van der Waals surface area contributed by atoms with Crippen molar-refractivity contribution in [3.05, 3.63) is 42.4 Å². The minimum Gasteiger partial charge on any atom is -0.384 e. The van der Waals surface area contributed by atoms with E-state index < -0.39 is 0 Å². The van der Waals surface area contributed by atoms with Gasteiger partial charge in [-0.15, -0.1) is 0 Å². The molecule has 0 aliphatic heterocycles. The second-order valence-electron chi connectivity index (χ2n) is 5.05. The van der Waals surface area contributed by atoms with Gasteiger partial charge < -0.3 is 15.5 Å². The molecule has 2 heterocycles. The van der Waals surface area contributed by atoms with Gasteiger partial charge in [-0.1, -0.05) is 30.1 Å². The Hall–Kier alpha value is -2.09. The van der Waals surface area contributed by atoms with E-state index in [1.165, 1.54) is 11.9 Å². The molecule has 0 fully saturated rings. The molecule has 7 heteroatoms. The summed E-state index contributed by atoms with van der Waals surface area (Å²) in [5.41, 5.74) is 10.1. The van der Waals surface area contributed by atoms with Gasteiger partial charge in [0.1, 0.15) is 17.8 Å². The lowest BCUT2D eigenvalue weighted by Gasteiger charge is -2.07. The number of hydrogen-bond donors (Lipinski definition) is 3. The molecule has 3 aromatic rings. The van der Waals surface area contributed by atoms with E-state index in [0.29, 0.717) is 5.82 Å². The first-order valence-electron chi connectivity index (χ1n) is 7.30. The summed E-state index contributed by atoms with van der Waals surface area (Å²) < 4.78 is 8.36. The van der Waals surface area contributed by atoms with E-state index in [4.69, 9.17) is 10.5 Å². The minimum atomic E-state index is 0.491. The number of benzene rings is 1. The van der Waals surface area contributed by atoms with Crippen molar-refractivity contribution in [3.8, 4) is 11.1 Å². The zero-order valence-electron chi connectivity index (χ0n) is 12.9. The molecule has 1 aromatic carbocycles. The van der Waals surface area contributed by atoms with Crippen LogP contribution in [0.15, 0.2) is 36.8 Å². The predicted octanol–water partition coefficient (Wildman–Crippen LogP) is 2.59. The Kier molecular flexibility index (Phi) is 5.12. The van der Waals surface area contributed by atoms with E-state index >= 15 is 0 Å². The van der Waals surface area contributed by atoms with Crippen molar-refractivity contribution in [1.82, 2.24) is 19.7 Å². The maximum Gasteiger partial charge on any atom is 0.143 e. The van der Waals surface area contributed by atoms with Gasteiger partial charge in [0.05, 0.1) is 12.0 Å². The Bertz CT molecular complexity index is 789. The Labute approximate surface area is 139 Å². The van der Waals surface area contributed by atoms with Gasteiger partial charge in [-0.2, -0.15) is 0 Å². The van der Waals surface area contributed by atoms with Gasteiger partial charge in [-0.25, -0.2) is 9.97 Å². The molecule has 23 heavy (non-hydrogen) atoms. The molecule has 0 amide bonds. The molecule has 0 aliphatic carbocycles. The highest BCUT2D eigenvalue weighted by molar-refractivity contribution is 7.97. The SMILES string of the molecule is COCCSNCc1cccc(-c2c[nH]c3ncnc(N)c23)c1. The number of rotatable bonds is 7. The average molecular weight is 329 g/mol. The fourth-order valence-electron chi connectivity index (χ4n) is 2.39. The molecular formula is C16H19N5OS. The first-order chi connectivity index (χ1) is 11.3. The smallest absolute Gasteiger partial charge is 0.143 e. The fraction of sp³-hybridized carbons (Fsp3) is 0.250. The monoisotopic (exact) mass is 329 g/mol. The highest BCUT2D eigenvalue weighted by atomic mass is 32.2. The highest BCUT2D eigenvalue weighted by Crippen LogP contribution is 2.30. The summed E-state index contributed by atoms with van der Waals surface area (Å²) in [6.45, 7) is 1.53. The second kappa shape index (κ2) is 7.45. The van der Waals surface area contributed by atoms with E-state index in [1.54, 1.807) is 19.1 Å². The lowest BCUT2D eigenvalue weighted by molar-refractivity contribution is 0.218. The molecule has 6 nitrogen and oxygen atoms in total. The number of H-pyrrole nitrogens is 1. The molecule has 120 valence electrons. The number of ether oxygens (including phenoxy) is 1. The zero-order chi connectivity index (χ0) is 16.1. The van der Waals surface area contributed by atoms with Crippen LogP contribution in [0, 0.1) is 0 Å². The predicted molar refractivity (Wildman–Crippen MR) is 94.9 cm³/mol. The number of nitrogens with zero attached hydrogens (tertiary/aromatic N) is 2. The summed E-state index contributed by atoms with van der Waals surface area (Å²) in [5, 5.41) is 0.868. The van der Waals surface area contributed by atoms with Crippen LogP contribution in [0.3, 0.4) is 0 Å². The van der Waals surface area contributed by atoms with Crippen LogP contribution >= 0.6 is 11.9 Å². The van der Waals surface area contributed by atoms with Crippen LogP contribution in [0.2, 0.25) is 0 Å². The fourth-order valence-corrected chi connectivity index (χ4v) is 3.06. The molecule has 0 unspecified atom stereocenters. The molecule has 0 aliphatic rings. The van der Waals surface area contributed by atoms with E-state index in [1.807, 2.05) is 12.3 Å². The first-order valence-corrected chi connectivity index (χ1v) is 8.28. The third-order valence-electron chi connectivity index (χ3n) is 3.51. The summed E-state index contributed by atoms with van der Waals surface area (Å²) in [5.74, 6) is 1.41. The van der Waals surface area contributed by atoms with Crippen LogP contribution in [0.5, 0.6) is 0 Å². The van der Waals surface area contributed by atoms with Gasteiger partial charge in [0.2, 0.25) is 0 Å². The quantitative estimate of drug-likeness (QED) is 0.456. The summed E-state index contributed by atoms with van der Waals surface area (Å²) >= 11 is 1.66. The van der Waals surface area contributed by atoms with Crippen molar-refractivity contribution in [2.24, 2.45) is 0 Å². The van der Waals surface area contributed by atoms with Gasteiger partial charge >= 0.3 is 0 Å². The second-order valence-corrected chi connectivity index (χ2v) is 6.03. The van der Waals surface area contributed by atoms with Crippen molar-refractivity contribution >= 4 is 28.8 Å². The molecule has 0 atom stereocenters. The molecular weight excluding hydrogens is 310 g/mol. The number of aromatic nitrogens is 3. The average Bonchev–Trinajstić information content (AvgIpc) is 3.00. The van der Waals surface area contributed by atoms with Crippen LogP contribution in [-0.4, -0.2) is 34.4 Å². The molecule has 0 saturated heterocycles. The number of methoxy groups -OCH3 is 1. The lowest BCUT2D eigenvalue weighted by atomic mass is 10.0. The minimum absolute atomic E-state index is 0.491. The third kappa shape index (κ3) is 3.64. The van der Waals surface area contributed by atoms with Gasteiger partial charge in [0.15, 0.2) is 0 Å². The van der Waals surface area contributed by atoms with Gasteiger partial charge in [-0.3, -0.25) is 4.72 Å². The van der Waals surface area contributed by atoms with Crippen LogP contribution < -0.4 is 10.5 Å². The van der Waals surface area contributed by atoms with Crippen LogP contribution in [0.25, 0.3) is 22.2 Å².